The van der Waals surface area contributed by atoms with Crippen LogP contribution in [-0.4, -0.2) is 59.4 Å². The summed E-state index contributed by atoms with van der Waals surface area (Å²) >= 11 is 0. The van der Waals surface area contributed by atoms with Gasteiger partial charge in [-0.05, 0) is 61.4 Å². The van der Waals surface area contributed by atoms with Crippen LogP contribution < -0.4 is 4.90 Å². The third-order valence-corrected chi connectivity index (χ3v) is 6.10. The van der Waals surface area contributed by atoms with E-state index in [1.165, 1.54) is 6.07 Å². The molecule has 1 aliphatic rings. The lowest BCUT2D eigenvalue weighted by molar-refractivity contribution is -0.173. The zero-order chi connectivity index (χ0) is 26.4. The topological polar surface area (TPSA) is 70.9 Å². The van der Waals surface area contributed by atoms with Crippen molar-refractivity contribution >= 4 is 23.0 Å². The van der Waals surface area contributed by atoms with Gasteiger partial charge in [-0.3, -0.25) is 14.8 Å². The summed E-state index contributed by atoms with van der Waals surface area (Å²) in [5.41, 5.74) is 2.85. The second-order valence-electron chi connectivity index (χ2n) is 8.60. The summed E-state index contributed by atoms with van der Waals surface area (Å²) in [6.45, 7) is -0.787. The monoisotopic (exact) mass is 515 g/mol. The van der Waals surface area contributed by atoms with Crippen molar-refractivity contribution in [3.8, 4) is 0 Å². The van der Waals surface area contributed by atoms with E-state index < -0.39 is 18.6 Å². The molecule has 0 atom stereocenters. The molecule has 4 rings (SSSR count). The zero-order valence-electron chi connectivity index (χ0n) is 20.0. The summed E-state index contributed by atoms with van der Waals surface area (Å²) in [5, 5.41) is 3.71. The number of amides is 1. The molecule has 11 heteroatoms. The molecule has 0 spiro atoms. The molecular weight excluding hydrogens is 490 g/mol. The Bertz CT molecular complexity index is 1210. The lowest BCUT2D eigenvalue weighted by Gasteiger charge is -2.32. The molecule has 3 aromatic rings. The Balaban J connectivity index is 1.41. The first-order valence-corrected chi connectivity index (χ1v) is 11.6. The van der Waals surface area contributed by atoms with Crippen LogP contribution in [0.2, 0.25) is 0 Å². The molecule has 1 fully saturated rings. The first kappa shape index (κ1) is 26.1. The number of nitrogens with zero attached hydrogens (tertiary/aromatic N) is 5. The molecule has 0 saturated carbocycles. The fourth-order valence-corrected chi connectivity index (χ4v) is 4.12. The van der Waals surface area contributed by atoms with Gasteiger partial charge in [0.1, 0.15) is 11.5 Å². The molecule has 3 heterocycles. The average Bonchev–Trinajstić information content (AvgIpc) is 2.91. The molecule has 0 N–H and O–H groups in total. The van der Waals surface area contributed by atoms with Crippen LogP contribution in [0.3, 0.4) is 0 Å². The summed E-state index contributed by atoms with van der Waals surface area (Å²) in [6, 6.07) is 13.5. The van der Waals surface area contributed by atoms with Crippen molar-refractivity contribution in [1.29, 1.82) is 0 Å². The molecule has 0 bridgehead atoms. The van der Waals surface area contributed by atoms with E-state index in [-0.39, 0.29) is 23.2 Å². The van der Waals surface area contributed by atoms with Gasteiger partial charge in [-0.25, -0.2) is 4.39 Å². The van der Waals surface area contributed by atoms with Crippen LogP contribution in [0.25, 0.3) is 0 Å². The van der Waals surface area contributed by atoms with E-state index in [4.69, 9.17) is 0 Å². The van der Waals surface area contributed by atoms with E-state index in [2.05, 4.69) is 20.0 Å². The third kappa shape index (κ3) is 6.81. The number of aromatic nitrogens is 2. The van der Waals surface area contributed by atoms with Gasteiger partial charge in [0.15, 0.2) is 0 Å². The third-order valence-electron chi connectivity index (χ3n) is 6.10. The number of pyridine rings is 2. The van der Waals surface area contributed by atoms with Gasteiger partial charge in [0.05, 0.1) is 11.9 Å². The number of hydrogen-bond acceptors (Lipinski definition) is 6. The largest absolute Gasteiger partial charge is 0.425 e. The molecule has 194 valence electrons. The minimum atomic E-state index is -4.54. The van der Waals surface area contributed by atoms with E-state index in [9.17, 15) is 22.4 Å². The van der Waals surface area contributed by atoms with Crippen LogP contribution >= 0.6 is 0 Å². The summed E-state index contributed by atoms with van der Waals surface area (Å²) in [4.78, 5) is 29.3. The molecule has 1 saturated heterocycles. The van der Waals surface area contributed by atoms with E-state index in [1.807, 2.05) is 36.2 Å². The quantitative estimate of drug-likeness (QED) is 0.245. The molecule has 0 radical (unpaired) electrons. The molecule has 1 amide bonds. The fourth-order valence-electron chi connectivity index (χ4n) is 4.12. The van der Waals surface area contributed by atoms with Crippen LogP contribution in [0.1, 0.15) is 28.9 Å². The van der Waals surface area contributed by atoms with Gasteiger partial charge in [-0.1, -0.05) is 5.16 Å². The highest BCUT2D eigenvalue weighted by molar-refractivity contribution is 6.00. The van der Waals surface area contributed by atoms with Gasteiger partial charge in [0.2, 0.25) is 6.61 Å². The number of hydrogen-bond donors (Lipinski definition) is 0. The molecule has 0 aliphatic carbocycles. The SMILES string of the molecule is CN(c1ccncc1)c1ccc(C(=O)N2CCC(/C(=N\OCC(F)(F)F)c3ccc(F)cn3)CC2)cc1. The van der Waals surface area contributed by atoms with Gasteiger partial charge < -0.3 is 14.6 Å². The smallest absolute Gasteiger partial charge is 0.386 e. The van der Waals surface area contributed by atoms with Gasteiger partial charge in [0, 0.05) is 55.4 Å². The Kier molecular flexibility index (Phi) is 8.00. The predicted molar refractivity (Wildman–Crippen MR) is 130 cm³/mol. The highest BCUT2D eigenvalue weighted by Gasteiger charge is 2.31. The summed E-state index contributed by atoms with van der Waals surface area (Å²) in [5.74, 6) is -1.01. The second-order valence-corrected chi connectivity index (χ2v) is 8.60. The molecular formula is C26H25F4N5O2. The fraction of sp³-hybridized carbons (Fsp3) is 0.308. The molecule has 7 nitrogen and oxygen atoms in total. The van der Waals surface area contributed by atoms with Crippen molar-refractivity contribution in [3.05, 3.63) is 84.2 Å². The van der Waals surface area contributed by atoms with Gasteiger partial charge >= 0.3 is 6.18 Å². The van der Waals surface area contributed by atoms with Crippen molar-refractivity contribution in [1.82, 2.24) is 14.9 Å². The Hall–Kier alpha value is -4.02. The standard InChI is InChI=1S/C26H25F4N5O2/c1-34(22-8-12-31-13-9-22)21-5-2-19(3-6-21)25(36)35-14-10-18(11-15-35)24(33-37-17-26(28,29)30)23-7-4-20(27)16-32-23/h2-9,12-13,16,18H,10-11,14-15,17H2,1H3/b33-24+. The Labute approximate surface area is 211 Å². The van der Waals surface area contributed by atoms with Crippen LogP contribution in [0.4, 0.5) is 28.9 Å². The van der Waals surface area contributed by atoms with E-state index in [1.54, 1.807) is 29.4 Å². The number of anilines is 2. The Morgan fingerprint density at radius 2 is 1.70 bits per heavy atom. The van der Waals surface area contributed by atoms with Crippen molar-refractivity contribution in [2.45, 2.75) is 19.0 Å². The number of likely N-dealkylation sites (tertiary alicyclic amines) is 1. The van der Waals surface area contributed by atoms with Gasteiger partial charge in [-0.2, -0.15) is 13.2 Å². The number of rotatable bonds is 7. The lowest BCUT2D eigenvalue weighted by Crippen LogP contribution is -2.40. The number of halogens is 4. The maximum Gasteiger partial charge on any atom is 0.425 e. The van der Waals surface area contributed by atoms with Crippen LogP contribution in [0.5, 0.6) is 0 Å². The van der Waals surface area contributed by atoms with Gasteiger partial charge in [0.25, 0.3) is 5.91 Å². The number of benzene rings is 1. The van der Waals surface area contributed by atoms with Crippen LogP contribution in [0, 0.1) is 11.7 Å². The van der Waals surface area contributed by atoms with E-state index in [0.29, 0.717) is 31.5 Å². The molecule has 1 aromatic carbocycles. The van der Waals surface area contributed by atoms with E-state index in [0.717, 1.165) is 23.6 Å². The lowest BCUT2D eigenvalue weighted by atomic mass is 9.89. The first-order chi connectivity index (χ1) is 17.7. The summed E-state index contributed by atoms with van der Waals surface area (Å²) in [7, 11) is 1.92. The molecule has 1 aliphatic heterocycles. The summed E-state index contributed by atoms with van der Waals surface area (Å²) in [6.07, 6.45) is 0.742. The highest BCUT2D eigenvalue weighted by atomic mass is 19.4. The Morgan fingerprint density at radius 1 is 1.05 bits per heavy atom. The maximum absolute atomic E-state index is 13.3. The number of carbonyl (C=O) groups is 1. The van der Waals surface area contributed by atoms with Gasteiger partial charge in [-0.15, -0.1) is 0 Å². The van der Waals surface area contributed by atoms with Crippen molar-refractivity contribution in [2.75, 3.05) is 31.6 Å². The van der Waals surface area contributed by atoms with Crippen molar-refractivity contribution in [3.63, 3.8) is 0 Å². The number of carbonyl (C=O) groups excluding carboxylic acids is 1. The first-order valence-electron chi connectivity index (χ1n) is 11.6. The van der Waals surface area contributed by atoms with Crippen LogP contribution in [0.15, 0.2) is 72.3 Å². The van der Waals surface area contributed by atoms with Crippen molar-refractivity contribution in [2.24, 2.45) is 11.1 Å². The minimum Gasteiger partial charge on any atom is -0.386 e. The predicted octanol–water partition coefficient (Wildman–Crippen LogP) is 5.22. The second kappa shape index (κ2) is 11.4. The number of oxime groups is 1. The maximum atomic E-state index is 13.3. The average molecular weight is 516 g/mol. The Morgan fingerprint density at radius 3 is 2.30 bits per heavy atom. The van der Waals surface area contributed by atoms with Crippen LogP contribution in [-0.2, 0) is 4.84 Å². The molecule has 37 heavy (non-hydrogen) atoms. The number of alkyl halides is 3. The van der Waals surface area contributed by atoms with Crippen molar-refractivity contribution < 1.29 is 27.2 Å². The van der Waals surface area contributed by atoms with E-state index >= 15 is 0 Å². The molecule has 0 unspecified atom stereocenters. The normalized spacial score (nSPS) is 14.9. The zero-order valence-corrected chi connectivity index (χ0v) is 20.0. The highest BCUT2D eigenvalue weighted by Crippen LogP contribution is 2.26. The minimum absolute atomic E-state index is 0.136. The molecule has 2 aromatic heterocycles. The number of piperidine rings is 1. The summed E-state index contributed by atoms with van der Waals surface area (Å²) < 4.78 is 51.0.